The van der Waals surface area contributed by atoms with Gasteiger partial charge < -0.3 is 14.8 Å². The maximum Gasteiger partial charge on any atom is 0.259 e. The maximum atomic E-state index is 12.5. The van der Waals surface area contributed by atoms with E-state index >= 15 is 0 Å². The monoisotopic (exact) mass is 299 g/mol. The molecule has 2 aromatic rings. The quantitative estimate of drug-likeness (QED) is 0.872. The van der Waals surface area contributed by atoms with Gasteiger partial charge in [-0.25, -0.2) is 0 Å². The van der Waals surface area contributed by atoms with Gasteiger partial charge in [-0.15, -0.1) is 0 Å². The van der Waals surface area contributed by atoms with E-state index in [4.69, 9.17) is 9.47 Å². The molecule has 0 atom stereocenters. The molecule has 2 aromatic carbocycles. The summed E-state index contributed by atoms with van der Waals surface area (Å²) in [5.74, 6) is 0.979. The molecule has 0 heterocycles. The number of anilines is 1. The van der Waals surface area contributed by atoms with Gasteiger partial charge in [0.1, 0.15) is 11.5 Å². The van der Waals surface area contributed by atoms with Crippen molar-refractivity contribution in [3.05, 3.63) is 54.1 Å². The van der Waals surface area contributed by atoms with Crippen molar-refractivity contribution in [3.8, 4) is 11.5 Å². The molecule has 1 N–H and O–H groups in total. The lowest BCUT2D eigenvalue weighted by atomic mass is 10.1. The Bertz CT molecular complexity index is 623. The lowest BCUT2D eigenvalue weighted by molar-refractivity contribution is 0.102. The van der Waals surface area contributed by atoms with Crippen molar-refractivity contribution in [3.63, 3.8) is 0 Å². The van der Waals surface area contributed by atoms with E-state index in [1.54, 1.807) is 18.2 Å². The molecule has 1 amide bonds. The van der Waals surface area contributed by atoms with Gasteiger partial charge in [0.2, 0.25) is 0 Å². The topological polar surface area (TPSA) is 47.6 Å². The second kappa shape index (κ2) is 7.50. The molecule has 0 unspecified atom stereocenters. The Morgan fingerprint density at radius 1 is 1.14 bits per heavy atom. The Balaban J connectivity index is 2.28. The third-order valence-corrected chi connectivity index (χ3v) is 2.90. The van der Waals surface area contributed by atoms with E-state index in [1.807, 2.05) is 51.1 Å². The molecule has 116 valence electrons. The molecule has 0 saturated heterocycles. The molecule has 4 nitrogen and oxygen atoms in total. The van der Waals surface area contributed by atoms with E-state index in [9.17, 15) is 4.79 Å². The van der Waals surface area contributed by atoms with Crippen molar-refractivity contribution >= 4 is 11.6 Å². The van der Waals surface area contributed by atoms with Crippen LogP contribution in [-0.2, 0) is 0 Å². The van der Waals surface area contributed by atoms with Gasteiger partial charge >= 0.3 is 0 Å². The van der Waals surface area contributed by atoms with Gasteiger partial charge in [-0.05, 0) is 51.1 Å². The van der Waals surface area contributed by atoms with Gasteiger partial charge in [0.25, 0.3) is 5.91 Å². The van der Waals surface area contributed by atoms with Crippen molar-refractivity contribution < 1.29 is 14.3 Å². The zero-order chi connectivity index (χ0) is 15.9. The van der Waals surface area contributed by atoms with Crippen LogP contribution >= 0.6 is 0 Å². The summed E-state index contributed by atoms with van der Waals surface area (Å²) in [6, 6.07) is 14.6. The first-order valence-corrected chi connectivity index (χ1v) is 7.40. The second-order valence-corrected chi connectivity index (χ2v) is 5.08. The summed E-state index contributed by atoms with van der Waals surface area (Å²) in [5.41, 5.74) is 1.20. The number of ether oxygens (including phenoxy) is 2. The highest BCUT2D eigenvalue weighted by molar-refractivity contribution is 6.06. The van der Waals surface area contributed by atoms with Crippen LogP contribution in [-0.4, -0.2) is 18.6 Å². The highest BCUT2D eigenvalue weighted by Gasteiger charge is 2.15. The van der Waals surface area contributed by atoms with Crippen LogP contribution < -0.4 is 14.8 Å². The van der Waals surface area contributed by atoms with Crippen LogP contribution in [0.1, 0.15) is 31.1 Å². The number of hydrogen-bond acceptors (Lipinski definition) is 3. The predicted molar refractivity (Wildman–Crippen MR) is 87.8 cm³/mol. The van der Waals surface area contributed by atoms with Crippen molar-refractivity contribution in [2.75, 3.05) is 11.9 Å². The normalized spacial score (nSPS) is 10.4. The minimum absolute atomic E-state index is 0.0128. The fourth-order valence-electron chi connectivity index (χ4n) is 2.02. The number of amides is 1. The first kappa shape index (κ1) is 15.9. The van der Waals surface area contributed by atoms with Gasteiger partial charge in [0, 0.05) is 5.69 Å². The molecule has 0 aromatic heterocycles. The molecule has 0 aliphatic carbocycles. The number of benzene rings is 2. The molecule has 0 aliphatic rings. The van der Waals surface area contributed by atoms with E-state index in [-0.39, 0.29) is 12.0 Å². The highest BCUT2D eigenvalue weighted by atomic mass is 16.5. The van der Waals surface area contributed by atoms with E-state index in [0.29, 0.717) is 23.7 Å². The van der Waals surface area contributed by atoms with Crippen molar-refractivity contribution in [2.45, 2.75) is 26.9 Å². The summed E-state index contributed by atoms with van der Waals surface area (Å²) in [6.07, 6.45) is -0.0128. The second-order valence-electron chi connectivity index (χ2n) is 5.08. The third kappa shape index (κ3) is 4.25. The summed E-state index contributed by atoms with van der Waals surface area (Å²) in [6.45, 7) is 6.30. The Morgan fingerprint density at radius 3 is 2.50 bits per heavy atom. The van der Waals surface area contributed by atoms with Crippen molar-refractivity contribution in [1.29, 1.82) is 0 Å². The number of para-hydroxylation sites is 1. The number of carbonyl (C=O) groups is 1. The van der Waals surface area contributed by atoms with Crippen LogP contribution in [0.15, 0.2) is 48.5 Å². The largest absolute Gasteiger partial charge is 0.494 e. The lowest BCUT2D eigenvalue weighted by Gasteiger charge is -2.15. The summed E-state index contributed by atoms with van der Waals surface area (Å²) >= 11 is 0. The Hall–Kier alpha value is -2.49. The zero-order valence-corrected chi connectivity index (χ0v) is 13.1. The molecular formula is C18H21NO3. The van der Waals surface area contributed by atoms with Gasteiger partial charge in [-0.1, -0.05) is 18.2 Å². The lowest BCUT2D eigenvalue weighted by Crippen LogP contribution is -2.16. The smallest absolute Gasteiger partial charge is 0.259 e. The molecule has 0 radical (unpaired) electrons. The molecule has 0 saturated carbocycles. The van der Waals surface area contributed by atoms with Crippen LogP contribution in [0, 0.1) is 0 Å². The molecule has 0 spiro atoms. The standard InChI is InChI=1S/C18H21NO3/c1-4-21-15-10-11-17(22-13(2)3)16(12-15)18(20)19-14-8-6-5-7-9-14/h5-13H,4H2,1-3H3,(H,19,20). The number of hydrogen-bond donors (Lipinski definition) is 1. The summed E-state index contributed by atoms with van der Waals surface area (Å²) in [4.78, 5) is 12.5. The molecule has 0 aliphatic heterocycles. The fourth-order valence-corrected chi connectivity index (χ4v) is 2.02. The Labute approximate surface area is 131 Å². The molecular weight excluding hydrogens is 278 g/mol. The number of nitrogens with one attached hydrogen (secondary N) is 1. The van der Waals surface area contributed by atoms with Crippen LogP contribution in [0.25, 0.3) is 0 Å². The minimum Gasteiger partial charge on any atom is -0.494 e. The van der Waals surface area contributed by atoms with Gasteiger partial charge in [0.05, 0.1) is 18.3 Å². The van der Waals surface area contributed by atoms with E-state index in [2.05, 4.69) is 5.32 Å². The van der Waals surface area contributed by atoms with Crippen LogP contribution in [0.4, 0.5) is 5.69 Å². The number of rotatable bonds is 6. The summed E-state index contributed by atoms with van der Waals surface area (Å²) in [5, 5.41) is 2.87. The summed E-state index contributed by atoms with van der Waals surface area (Å²) in [7, 11) is 0. The molecule has 0 bridgehead atoms. The minimum atomic E-state index is -0.219. The fraction of sp³-hybridized carbons (Fsp3) is 0.278. The number of carbonyl (C=O) groups excluding carboxylic acids is 1. The predicted octanol–water partition coefficient (Wildman–Crippen LogP) is 4.12. The van der Waals surface area contributed by atoms with E-state index in [0.717, 1.165) is 5.69 Å². The maximum absolute atomic E-state index is 12.5. The average molecular weight is 299 g/mol. The zero-order valence-electron chi connectivity index (χ0n) is 13.1. The van der Waals surface area contributed by atoms with Crippen molar-refractivity contribution in [1.82, 2.24) is 0 Å². The molecule has 0 fully saturated rings. The van der Waals surface area contributed by atoms with Gasteiger partial charge in [0.15, 0.2) is 0 Å². The third-order valence-electron chi connectivity index (χ3n) is 2.90. The first-order chi connectivity index (χ1) is 10.6. The van der Waals surface area contributed by atoms with Crippen LogP contribution in [0.5, 0.6) is 11.5 Å². The first-order valence-electron chi connectivity index (χ1n) is 7.40. The van der Waals surface area contributed by atoms with E-state index < -0.39 is 0 Å². The Kier molecular flexibility index (Phi) is 5.42. The molecule has 4 heteroatoms. The van der Waals surface area contributed by atoms with Gasteiger partial charge in [-0.2, -0.15) is 0 Å². The van der Waals surface area contributed by atoms with Crippen LogP contribution in [0.3, 0.4) is 0 Å². The summed E-state index contributed by atoms with van der Waals surface area (Å²) < 4.78 is 11.2. The SMILES string of the molecule is CCOc1ccc(OC(C)C)c(C(=O)Nc2ccccc2)c1. The van der Waals surface area contributed by atoms with Crippen molar-refractivity contribution in [2.24, 2.45) is 0 Å². The van der Waals surface area contributed by atoms with Gasteiger partial charge in [-0.3, -0.25) is 4.79 Å². The molecule has 22 heavy (non-hydrogen) atoms. The van der Waals surface area contributed by atoms with Crippen LogP contribution in [0.2, 0.25) is 0 Å². The van der Waals surface area contributed by atoms with E-state index in [1.165, 1.54) is 0 Å². The Morgan fingerprint density at radius 2 is 1.86 bits per heavy atom. The average Bonchev–Trinajstić information content (AvgIpc) is 2.49. The molecule has 2 rings (SSSR count). The highest BCUT2D eigenvalue weighted by Crippen LogP contribution is 2.26.